The summed E-state index contributed by atoms with van der Waals surface area (Å²) in [5, 5.41) is 12.9. The Morgan fingerprint density at radius 3 is 1.86 bits per heavy atom. The Kier molecular flexibility index (Phi) is 9.05. The lowest BCUT2D eigenvalue weighted by molar-refractivity contribution is -0.386. The first-order chi connectivity index (χ1) is 17.8. The molecule has 0 aromatic heterocycles. The van der Waals surface area contributed by atoms with Crippen molar-refractivity contribution >= 4 is 51.3 Å². The SMILES string of the molecule is O=[N+]([O-])c1cc(S(=O)Cc2c(Cl)cc(Cl)cc2Cl)cc(OCc2ccccc2)c1OCc1ccccc1. The summed E-state index contributed by atoms with van der Waals surface area (Å²) in [5.74, 6) is -0.0207. The molecule has 1 unspecified atom stereocenters. The quantitative estimate of drug-likeness (QED) is 0.141. The van der Waals surface area contributed by atoms with Crippen LogP contribution in [0, 0.1) is 10.1 Å². The Bertz CT molecular complexity index is 1410. The van der Waals surface area contributed by atoms with E-state index in [0.717, 1.165) is 11.1 Å². The first kappa shape index (κ1) is 26.9. The van der Waals surface area contributed by atoms with Crippen LogP contribution in [0.4, 0.5) is 5.69 Å². The molecule has 1 atom stereocenters. The lowest BCUT2D eigenvalue weighted by atomic mass is 10.2. The molecule has 0 N–H and O–H groups in total. The van der Waals surface area contributed by atoms with Gasteiger partial charge in [-0.3, -0.25) is 14.3 Å². The standard InChI is InChI=1S/C27H20Cl3NO5S/c28-20-11-23(29)22(24(30)12-20)17-37(34)21-13-25(31(32)33)27(36-16-19-9-5-2-6-10-19)26(14-21)35-15-18-7-3-1-4-8-18/h1-14H,15-17H2. The van der Waals surface area contributed by atoms with Crippen molar-refractivity contribution < 1.29 is 18.6 Å². The van der Waals surface area contributed by atoms with Gasteiger partial charge in [-0.05, 0) is 23.3 Å². The molecule has 0 aliphatic heterocycles. The Hall–Kier alpha value is -3.10. The number of nitro benzene ring substituents is 1. The maximum absolute atomic E-state index is 13.3. The average molecular weight is 577 g/mol. The van der Waals surface area contributed by atoms with Crippen LogP contribution in [0.3, 0.4) is 0 Å². The van der Waals surface area contributed by atoms with Crippen LogP contribution in [-0.2, 0) is 29.8 Å². The van der Waals surface area contributed by atoms with Gasteiger partial charge in [0.1, 0.15) is 13.2 Å². The highest BCUT2D eigenvalue weighted by atomic mass is 35.5. The molecule has 4 rings (SSSR count). The van der Waals surface area contributed by atoms with Crippen LogP contribution in [0.2, 0.25) is 15.1 Å². The van der Waals surface area contributed by atoms with Gasteiger partial charge in [-0.25, -0.2) is 0 Å². The van der Waals surface area contributed by atoms with Crippen LogP contribution in [-0.4, -0.2) is 9.13 Å². The molecule has 0 saturated heterocycles. The van der Waals surface area contributed by atoms with Crippen molar-refractivity contribution in [2.75, 3.05) is 0 Å². The second-order valence-corrected chi connectivity index (χ2v) is 10.6. The zero-order valence-corrected chi connectivity index (χ0v) is 22.3. The number of ether oxygens (including phenoxy) is 2. The number of hydrogen-bond acceptors (Lipinski definition) is 5. The third kappa shape index (κ3) is 7.02. The zero-order valence-electron chi connectivity index (χ0n) is 19.2. The molecule has 6 nitrogen and oxygen atoms in total. The Labute approximate surface area is 231 Å². The molecule has 0 fully saturated rings. The van der Waals surface area contributed by atoms with E-state index in [1.54, 1.807) is 0 Å². The molecule has 0 bridgehead atoms. The molecule has 0 heterocycles. The number of nitrogens with zero attached hydrogens (tertiary/aromatic N) is 1. The van der Waals surface area contributed by atoms with Gasteiger partial charge in [0.05, 0.1) is 21.5 Å². The van der Waals surface area contributed by atoms with E-state index in [0.29, 0.717) is 10.6 Å². The maximum atomic E-state index is 13.3. The molecule has 0 radical (unpaired) electrons. The highest BCUT2D eigenvalue weighted by molar-refractivity contribution is 7.84. The van der Waals surface area contributed by atoms with Gasteiger partial charge in [-0.1, -0.05) is 95.5 Å². The molecule has 0 aliphatic rings. The smallest absolute Gasteiger partial charge is 0.316 e. The maximum Gasteiger partial charge on any atom is 0.316 e. The largest absolute Gasteiger partial charge is 0.485 e. The Morgan fingerprint density at radius 2 is 1.32 bits per heavy atom. The molecule has 0 saturated carbocycles. The summed E-state index contributed by atoms with van der Waals surface area (Å²) in [4.78, 5) is 11.6. The highest BCUT2D eigenvalue weighted by Gasteiger charge is 2.26. The lowest BCUT2D eigenvalue weighted by Gasteiger charge is -2.15. The van der Waals surface area contributed by atoms with Crippen LogP contribution in [0.25, 0.3) is 0 Å². The molecule has 37 heavy (non-hydrogen) atoms. The number of nitro groups is 1. The van der Waals surface area contributed by atoms with Gasteiger partial charge in [-0.15, -0.1) is 0 Å². The van der Waals surface area contributed by atoms with E-state index in [-0.39, 0.29) is 51.1 Å². The van der Waals surface area contributed by atoms with E-state index in [2.05, 4.69) is 0 Å². The van der Waals surface area contributed by atoms with E-state index in [9.17, 15) is 14.3 Å². The van der Waals surface area contributed by atoms with Gasteiger partial charge in [-0.2, -0.15) is 0 Å². The molecule has 4 aromatic rings. The van der Waals surface area contributed by atoms with Crippen molar-refractivity contribution in [1.82, 2.24) is 0 Å². The first-order valence-corrected chi connectivity index (χ1v) is 13.4. The van der Waals surface area contributed by atoms with Gasteiger partial charge in [0.15, 0.2) is 5.75 Å². The van der Waals surface area contributed by atoms with E-state index >= 15 is 0 Å². The van der Waals surface area contributed by atoms with Crippen LogP contribution in [0.1, 0.15) is 16.7 Å². The second-order valence-electron chi connectivity index (χ2n) is 7.91. The summed E-state index contributed by atoms with van der Waals surface area (Å²) >= 11 is 18.5. The molecule has 10 heteroatoms. The number of halogens is 3. The van der Waals surface area contributed by atoms with Crippen LogP contribution < -0.4 is 9.47 Å². The molecule has 190 valence electrons. The highest BCUT2D eigenvalue weighted by Crippen LogP contribution is 2.41. The monoisotopic (exact) mass is 575 g/mol. The minimum Gasteiger partial charge on any atom is -0.485 e. The summed E-state index contributed by atoms with van der Waals surface area (Å²) in [6.45, 7) is 0.215. The van der Waals surface area contributed by atoms with E-state index in [1.807, 2.05) is 60.7 Å². The van der Waals surface area contributed by atoms with Gasteiger partial charge < -0.3 is 9.47 Å². The van der Waals surface area contributed by atoms with E-state index in [4.69, 9.17) is 44.3 Å². The predicted octanol–water partition coefficient (Wildman–Crippen LogP) is 8.02. The minimum absolute atomic E-state index is 0.0481. The number of benzene rings is 4. The molecular weight excluding hydrogens is 557 g/mol. The molecule has 4 aromatic carbocycles. The normalized spacial score (nSPS) is 11.6. The van der Waals surface area contributed by atoms with Crippen LogP contribution >= 0.6 is 34.8 Å². The molecule has 0 aliphatic carbocycles. The summed E-state index contributed by atoms with van der Waals surface area (Å²) < 4.78 is 25.2. The van der Waals surface area contributed by atoms with Gasteiger partial charge in [0.2, 0.25) is 5.75 Å². The first-order valence-electron chi connectivity index (χ1n) is 11.0. The van der Waals surface area contributed by atoms with Crippen molar-refractivity contribution in [3.05, 3.63) is 127 Å². The fourth-order valence-corrected chi connectivity index (χ4v) is 5.80. The third-order valence-electron chi connectivity index (χ3n) is 5.31. The summed E-state index contributed by atoms with van der Waals surface area (Å²) in [7, 11) is -1.75. The second kappa shape index (κ2) is 12.4. The number of rotatable bonds is 10. The van der Waals surface area contributed by atoms with Crippen molar-refractivity contribution in [1.29, 1.82) is 0 Å². The van der Waals surface area contributed by atoms with Crippen LogP contribution in [0.5, 0.6) is 11.5 Å². The summed E-state index contributed by atoms with van der Waals surface area (Å²) in [6, 6.07) is 24.3. The summed E-state index contributed by atoms with van der Waals surface area (Å²) in [5.41, 5.74) is 1.74. The Balaban J connectivity index is 1.70. The fraction of sp³-hybridized carbons (Fsp3) is 0.111. The molecule has 0 amide bonds. The van der Waals surface area contributed by atoms with Crippen molar-refractivity contribution in [3.8, 4) is 11.5 Å². The zero-order chi connectivity index (χ0) is 26.4. The number of hydrogen-bond donors (Lipinski definition) is 0. The van der Waals surface area contributed by atoms with Gasteiger partial charge in [0.25, 0.3) is 0 Å². The van der Waals surface area contributed by atoms with Crippen molar-refractivity contribution in [2.45, 2.75) is 23.9 Å². The van der Waals surface area contributed by atoms with Gasteiger partial charge >= 0.3 is 5.69 Å². The van der Waals surface area contributed by atoms with Crippen molar-refractivity contribution in [2.24, 2.45) is 0 Å². The van der Waals surface area contributed by atoms with E-state index < -0.39 is 15.7 Å². The predicted molar refractivity (Wildman–Crippen MR) is 146 cm³/mol. The summed E-state index contributed by atoms with van der Waals surface area (Å²) in [6.07, 6.45) is 0. The third-order valence-corrected chi connectivity index (χ3v) is 7.52. The Morgan fingerprint density at radius 1 is 0.784 bits per heavy atom. The topological polar surface area (TPSA) is 78.7 Å². The average Bonchev–Trinajstić information content (AvgIpc) is 2.89. The van der Waals surface area contributed by atoms with Crippen molar-refractivity contribution in [3.63, 3.8) is 0 Å². The van der Waals surface area contributed by atoms with E-state index in [1.165, 1.54) is 24.3 Å². The van der Waals surface area contributed by atoms with Gasteiger partial charge in [0, 0.05) is 37.7 Å². The molecule has 0 spiro atoms. The van der Waals surface area contributed by atoms with Crippen LogP contribution in [0.15, 0.2) is 89.8 Å². The lowest BCUT2D eigenvalue weighted by Crippen LogP contribution is -2.06. The molecular formula is C27H20Cl3NO5S. The fourth-order valence-electron chi connectivity index (χ4n) is 3.47. The minimum atomic E-state index is -1.75.